The summed E-state index contributed by atoms with van der Waals surface area (Å²) < 4.78 is 1.12. The van der Waals surface area contributed by atoms with Gasteiger partial charge in [-0.3, -0.25) is 0 Å². The van der Waals surface area contributed by atoms with Gasteiger partial charge in [-0.1, -0.05) is 77.8 Å². The van der Waals surface area contributed by atoms with E-state index in [2.05, 4.69) is 84.4 Å². The van der Waals surface area contributed by atoms with Crippen LogP contribution in [-0.2, 0) is 6.42 Å². The Kier molecular flexibility index (Phi) is 4.98. The summed E-state index contributed by atoms with van der Waals surface area (Å²) >= 11 is 10.2. The fraction of sp³-hybridized carbons (Fsp3) is 0.333. The molecule has 3 rings (SSSR count). The fourth-order valence-corrected chi connectivity index (χ4v) is 3.81. The Balaban J connectivity index is 2.00. The predicted octanol–water partition coefficient (Wildman–Crippen LogP) is 6.87. The van der Waals surface area contributed by atoms with Crippen LogP contribution in [0.25, 0.3) is 5.57 Å². The molecular weight excluding hydrogens is 368 g/mol. The maximum absolute atomic E-state index is 6.71. The number of alkyl halides is 1. The molecule has 2 heteroatoms. The van der Waals surface area contributed by atoms with Gasteiger partial charge >= 0.3 is 0 Å². The minimum atomic E-state index is 0.135. The SMILES string of the molecule is CC1(C)CC(c2ccccc2)=C(Cc2ccc(Br)cc2)CC1Cl. The van der Waals surface area contributed by atoms with Gasteiger partial charge in [0.05, 0.1) is 0 Å². The van der Waals surface area contributed by atoms with Gasteiger partial charge in [-0.25, -0.2) is 0 Å². The van der Waals surface area contributed by atoms with Crippen LogP contribution in [0.3, 0.4) is 0 Å². The van der Waals surface area contributed by atoms with E-state index in [4.69, 9.17) is 11.6 Å². The molecule has 0 heterocycles. The Morgan fingerprint density at radius 2 is 1.70 bits per heavy atom. The van der Waals surface area contributed by atoms with Crippen LogP contribution in [-0.4, -0.2) is 5.38 Å². The van der Waals surface area contributed by atoms with Crippen molar-refractivity contribution in [2.24, 2.45) is 5.41 Å². The van der Waals surface area contributed by atoms with Gasteiger partial charge in [0.2, 0.25) is 0 Å². The highest BCUT2D eigenvalue weighted by Gasteiger charge is 2.35. The van der Waals surface area contributed by atoms with E-state index >= 15 is 0 Å². The van der Waals surface area contributed by atoms with Crippen molar-refractivity contribution in [2.45, 2.75) is 38.5 Å². The van der Waals surface area contributed by atoms with E-state index in [-0.39, 0.29) is 10.8 Å². The van der Waals surface area contributed by atoms with E-state index in [1.807, 2.05) is 0 Å². The largest absolute Gasteiger partial charge is 0.122 e. The highest BCUT2D eigenvalue weighted by atomic mass is 79.9. The summed E-state index contributed by atoms with van der Waals surface area (Å²) in [5.41, 5.74) is 5.79. The highest BCUT2D eigenvalue weighted by Crippen LogP contribution is 2.46. The van der Waals surface area contributed by atoms with Crippen molar-refractivity contribution in [3.63, 3.8) is 0 Å². The van der Waals surface area contributed by atoms with Gasteiger partial charge in [-0.05, 0) is 53.5 Å². The van der Waals surface area contributed by atoms with E-state index in [0.29, 0.717) is 0 Å². The van der Waals surface area contributed by atoms with Gasteiger partial charge in [-0.2, -0.15) is 0 Å². The Morgan fingerprint density at radius 1 is 1.04 bits per heavy atom. The smallest absolute Gasteiger partial charge is 0.0427 e. The average Bonchev–Trinajstić information content (AvgIpc) is 2.54. The van der Waals surface area contributed by atoms with Crippen molar-refractivity contribution in [2.75, 3.05) is 0 Å². The normalized spacial score (nSPS) is 20.6. The van der Waals surface area contributed by atoms with Gasteiger partial charge in [0.25, 0.3) is 0 Å². The van der Waals surface area contributed by atoms with E-state index in [0.717, 1.165) is 23.7 Å². The summed E-state index contributed by atoms with van der Waals surface area (Å²) in [6, 6.07) is 19.4. The van der Waals surface area contributed by atoms with E-state index in [1.165, 1.54) is 22.3 Å². The molecule has 0 saturated carbocycles. The molecule has 2 aromatic carbocycles. The Morgan fingerprint density at radius 3 is 2.35 bits per heavy atom. The summed E-state index contributed by atoms with van der Waals surface area (Å²) in [4.78, 5) is 0. The van der Waals surface area contributed by atoms with Crippen LogP contribution >= 0.6 is 27.5 Å². The highest BCUT2D eigenvalue weighted by molar-refractivity contribution is 9.10. The molecule has 1 unspecified atom stereocenters. The van der Waals surface area contributed by atoms with Crippen molar-refractivity contribution in [1.82, 2.24) is 0 Å². The van der Waals surface area contributed by atoms with Crippen LogP contribution in [0.5, 0.6) is 0 Å². The maximum atomic E-state index is 6.71. The van der Waals surface area contributed by atoms with Crippen molar-refractivity contribution in [3.8, 4) is 0 Å². The Labute approximate surface area is 152 Å². The third kappa shape index (κ3) is 3.89. The van der Waals surface area contributed by atoms with Crippen LogP contribution in [0, 0.1) is 5.41 Å². The van der Waals surface area contributed by atoms with Gasteiger partial charge in [0.15, 0.2) is 0 Å². The van der Waals surface area contributed by atoms with Crippen molar-refractivity contribution in [1.29, 1.82) is 0 Å². The van der Waals surface area contributed by atoms with Crippen LogP contribution < -0.4 is 0 Å². The van der Waals surface area contributed by atoms with Crippen LogP contribution in [0.15, 0.2) is 64.6 Å². The number of allylic oxidation sites excluding steroid dienone is 2. The first-order chi connectivity index (χ1) is 11.0. The average molecular weight is 390 g/mol. The molecule has 0 fully saturated rings. The molecule has 0 amide bonds. The molecule has 0 spiro atoms. The lowest BCUT2D eigenvalue weighted by molar-refractivity contribution is 0.338. The molecular formula is C21H22BrCl. The summed E-state index contributed by atoms with van der Waals surface area (Å²) in [6.07, 6.45) is 2.99. The Hall–Kier alpha value is -1.05. The molecule has 0 aromatic heterocycles. The molecule has 0 N–H and O–H groups in total. The van der Waals surface area contributed by atoms with Crippen LogP contribution in [0.2, 0.25) is 0 Å². The van der Waals surface area contributed by atoms with E-state index in [9.17, 15) is 0 Å². The van der Waals surface area contributed by atoms with Crippen molar-refractivity contribution < 1.29 is 0 Å². The van der Waals surface area contributed by atoms with Crippen molar-refractivity contribution >= 4 is 33.1 Å². The summed E-state index contributed by atoms with van der Waals surface area (Å²) in [5.74, 6) is 0. The van der Waals surface area contributed by atoms with E-state index < -0.39 is 0 Å². The first-order valence-electron chi connectivity index (χ1n) is 8.10. The molecule has 0 nitrogen and oxygen atoms in total. The molecule has 120 valence electrons. The number of benzene rings is 2. The quantitative estimate of drug-likeness (QED) is 0.502. The first kappa shape index (κ1) is 16.8. The molecule has 23 heavy (non-hydrogen) atoms. The van der Waals surface area contributed by atoms with Crippen LogP contribution in [0.4, 0.5) is 0 Å². The maximum Gasteiger partial charge on any atom is 0.0427 e. The number of hydrogen-bond donors (Lipinski definition) is 0. The Bertz CT molecular complexity index is 698. The molecule has 0 radical (unpaired) electrons. The van der Waals surface area contributed by atoms with E-state index in [1.54, 1.807) is 0 Å². The molecule has 2 aromatic rings. The lowest BCUT2D eigenvalue weighted by Gasteiger charge is -2.38. The third-order valence-corrected chi connectivity index (χ3v) is 6.06. The van der Waals surface area contributed by atoms with Gasteiger partial charge in [-0.15, -0.1) is 11.6 Å². The minimum absolute atomic E-state index is 0.135. The number of hydrogen-bond acceptors (Lipinski definition) is 0. The first-order valence-corrected chi connectivity index (χ1v) is 9.33. The molecule has 0 saturated heterocycles. The molecule has 0 aliphatic heterocycles. The molecule has 1 aliphatic rings. The van der Waals surface area contributed by atoms with Gasteiger partial charge in [0, 0.05) is 9.85 Å². The molecule has 1 atom stereocenters. The standard InChI is InChI=1S/C21H22BrCl/c1-21(2)14-19(16-6-4-3-5-7-16)17(13-20(21)23)12-15-8-10-18(22)11-9-15/h3-11,20H,12-14H2,1-2H3. The summed E-state index contributed by atoms with van der Waals surface area (Å²) in [5, 5.41) is 0.195. The topological polar surface area (TPSA) is 0 Å². The predicted molar refractivity (Wildman–Crippen MR) is 104 cm³/mol. The van der Waals surface area contributed by atoms with Gasteiger partial charge in [0.1, 0.15) is 0 Å². The van der Waals surface area contributed by atoms with Gasteiger partial charge < -0.3 is 0 Å². The number of rotatable bonds is 3. The monoisotopic (exact) mass is 388 g/mol. The zero-order valence-corrected chi connectivity index (χ0v) is 16.0. The minimum Gasteiger partial charge on any atom is -0.122 e. The number of halogens is 2. The zero-order chi connectivity index (χ0) is 16.4. The summed E-state index contributed by atoms with van der Waals surface area (Å²) in [6.45, 7) is 4.56. The third-order valence-electron chi connectivity index (χ3n) is 4.79. The van der Waals surface area contributed by atoms with Crippen LogP contribution in [0.1, 0.15) is 37.8 Å². The zero-order valence-electron chi connectivity index (χ0n) is 13.7. The van der Waals surface area contributed by atoms with Crippen molar-refractivity contribution in [3.05, 3.63) is 75.8 Å². The summed E-state index contributed by atoms with van der Waals surface area (Å²) in [7, 11) is 0. The lowest BCUT2D eigenvalue weighted by Crippen LogP contribution is -2.30. The second kappa shape index (κ2) is 6.83. The second-order valence-electron chi connectivity index (χ2n) is 7.09. The fourth-order valence-electron chi connectivity index (χ4n) is 3.28. The lowest BCUT2D eigenvalue weighted by atomic mass is 9.71. The second-order valence-corrected chi connectivity index (χ2v) is 8.53. The molecule has 0 bridgehead atoms. The molecule has 1 aliphatic carbocycles.